The smallest absolute Gasteiger partial charge is 0.543 e. The second-order valence-electron chi connectivity index (χ2n) is 3.13. The first-order valence-corrected chi connectivity index (χ1v) is 4.58. The topological polar surface area (TPSA) is 75.1 Å². The summed E-state index contributed by atoms with van der Waals surface area (Å²) in [5.41, 5.74) is 1.53. The molecule has 0 amide bonds. The zero-order valence-corrected chi connectivity index (χ0v) is 8.97. The number of aromatic carboxylic acids is 1. The van der Waals surface area contributed by atoms with Crippen LogP contribution in [0.4, 0.5) is 0 Å². The van der Waals surface area contributed by atoms with E-state index in [-0.39, 0.29) is 24.6 Å². The Hall–Kier alpha value is -1.15. The van der Waals surface area contributed by atoms with Gasteiger partial charge in [0.1, 0.15) is 6.33 Å². The van der Waals surface area contributed by atoms with Crippen molar-refractivity contribution in [3.8, 4) is 0 Å². The van der Waals surface area contributed by atoms with E-state index in [1.54, 1.807) is 0 Å². The Labute approximate surface area is 105 Å². The van der Waals surface area contributed by atoms with E-state index >= 15 is 0 Å². The van der Waals surface area contributed by atoms with Crippen molar-refractivity contribution < 1.29 is 33.5 Å². The minimum absolute atomic E-state index is 0. The number of carbonyl (C=O) groups is 1. The van der Waals surface area contributed by atoms with Crippen LogP contribution in [0.3, 0.4) is 0 Å². The van der Waals surface area contributed by atoms with Gasteiger partial charge < -0.3 is 14.6 Å². The molecule has 5 nitrogen and oxygen atoms in total. The molecule has 1 aromatic heterocycles. The van der Waals surface area contributed by atoms with Crippen LogP contribution in [0.15, 0.2) is 18.5 Å². The monoisotopic (exact) mass is 212 g/mol. The van der Waals surface area contributed by atoms with Crippen molar-refractivity contribution in [3.05, 3.63) is 29.9 Å². The van der Waals surface area contributed by atoms with Crippen LogP contribution in [0.25, 0.3) is 5.57 Å². The Morgan fingerprint density at radius 2 is 2.25 bits per heavy atom. The van der Waals surface area contributed by atoms with Crippen molar-refractivity contribution in [3.63, 3.8) is 0 Å². The summed E-state index contributed by atoms with van der Waals surface area (Å²) in [5.74, 6) is -1.29. The molecule has 0 atom stereocenters. The van der Waals surface area contributed by atoms with Crippen molar-refractivity contribution in [1.82, 2.24) is 9.97 Å². The van der Waals surface area contributed by atoms with E-state index in [4.69, 9.17) is 4.74 Å². The average Bonchev–Trinajstić information content (AvgIpc) is 2.30. The molecule has 0 radical (unpaired) electrons. The van der Waals surface area contributed by atoms with Gasteiger partial charge in [0.15, 0.2) is 0 Å². The first kappa shape index (κ1) is 12.9. The zero-order valence-electron chi connectivity index (χ0n) is 8.97. The molecule has 0 aromatic carbocycles. The zero-order chi connectivity index (χ0) is 10.7. The van der Waals surface area contributed by atoms with E-state index < -0.39 is 5.97 Å². The summed E-state index contributed by atoms with van der Waals surface area (Å²) >= 11 is 0. The maximum absolute atomic E-state index is 10.6. The summed E-state index contributed by atoms with van der Waals surface area (Å²) in [4.78, 5) is 18.2. The fourth-order valence-corrected chi connectivity index (χ4v) is 1.40. The molecular weight excluding hydrogens is 203 g/mol. The van der Waals surface area contributed by atoms with Crippen LogP contribution in [-0.2, 0) is 4.74 Å². The number of rotatable bonds is 2. The fourth-order valence-electron chi connectivity index (χ4n) is 1.40. The van der Waals surface area contributed by atoms with E-state index in [1.165, 1.54) is 12.4 Å². The summed E-state index contributed by atoms with van der Waals surface area (Å²) in [6.45, 7) is 1.18. The summed E-state index contributed by atoms with van der Waals surface area (Å²) < 4.78 is 5.15. The standard InChI is InChI=1S/C10H10N2O3.Li/c13-10(14)9-5-8(11-6-12-9)7-1-3-15-4-2-7;/h1,5-6H,2-4H2,(H,13,14);/q;+1/p-1. The molecule has 16 heavy (non-hydrogen) atoms. The summed E-state index contributed by atoms with van der Waals surface area (Å²) in [6.07, 6.45) is 3.87. The molecule has 2 rings (SSSR count). The van der Waals surface area contributed by atoms with E-state index in [0.717, 1.165) is 12.0 Å². The molecule has 78 valence electrons. The molecule has 6 heteroatoms. The molecule has 1 aromatic rings. The van der Waals surface area contributed by atoms with Crippen molar-refractivity contribution in [2.45, 2.75) is 6.42 Å². The first-order chi connectivity index (χ1) is 7.27. The van der Waals surface area contributed by atoms with Gasteiger partial charge in [0.2, 0.25) is 0 Å². The van der Waals surface area contributed by atoms with E-state index in [0.29, 0.717) is 18.9 Å². The van der Waals surface area contributed by atoms with Crippen molar-refractivity contribution in [1.29, 1.82) is 0 Å². The van der Waals surface area contributed by atoms with Crippen molar-refractivity contribution in [2.24, 2.45) is 0 Å². The fraction of sp³-hybridized carbons (Fsp3) is 0.300. The third-order valence-corrected chi connectivity index (χ3v) is 2.17. The molecule has 0 N–H and O–H groups in total. The number of nitrogens with zero attached hydrogens (tertiary/aromatic N) is 2. The van der Waals surface area contributed by atoms with Gasteiger partial charge in [-0.05, 0) is 18.1 Å². The Balaban J connectivity index is 0.00000128. The Morgan fingerprint density at radius 3 is 2.88 bits per heavy atom. The van der Waals surface area contributed by atoms with Crippen LogP contribution >= 0.6 is 0 Å². The average molecular weight is 212 g/mol. The molecule has 0 saturated carbocycles. The van der Waals surface area contributed by atoms with Crippen molar-refractivity contribution >= 4 is 11.5 Å². The van der Waals surface area contributed by atoms with Gasteiger partial charge in [-0.25, -0.2) is 9.97 Å². The van der Waals surface area contributed by atoms with Crippen LogP contribution < -0.4 is 24.0 Å². The molecule has 0 unspecified atom stereocenters. The third kappa shape index (κ3) is 2.92. The molecule has 1 aliphatic heterocycles. The van der Waals surface area contributed by atoms with E-state index in [1.807, 2.05) is 6.08 Å². The third-order valence-electron chi connectivity index (χ3n) is 2.17. The molecule has 0 aliphatic carbocycles. The molecule has 0 saturated heterocycles. The van der Waals surface area contributed by atoms with Crippen LogP contribution in [0.5, 0.6) is 0 Å². The van der Waals surface area contributed by atoms with Crippen LogP contribution in [0, 0.1) is 0 Å². The Morgan fingerprint density at radius 1 is 1.44 bits per heavy atom. The number of aromatic nitrogens is 2. The number of carbonyl (C=O) groups excluding carboxylic acids is 1. The molecule has 1 aliphatic rings. The van der Waals surface area contributed by atoms with E-state index in [2.05, 4.69) is 9.97 Å². The summed E-state index contributed by atoms with van der Waals surface area (Å²) in [7, 11) is 0. The molecule has 0 spiro atoms. The SMILES string of the molecule is O=C([O-])c1cc(C2=CCOCC2)ncn1.[Li+]. The van der Waals surface area contributed by atoms with Crippen molar-refractivity contribution in [2.75, 3.05) is 13.2 Å². The summed E-state index contributed by atoms with van der Waals surface area (Å²) in [6, 6.07) is 1.42. The van der Waals surface area contributed by atoms with Gasteiger partial charge in [0.25, 0.3) is 0 Å². The summed E-state index contributed by atoms with van der Waals surface area (Å²) in [5, 5.41) is 10.6. The van der Waals surface area contributed by atoms with Crippen LogP contribution in [0.2, 0.25) is 0 Å². The van der Waals surface area contributed by atoms with Crippen LogP contribution in [0.1, 0.15) is 22.6 Å². The first-order valence-electron chi connectivity index (χ1n) is 4.58. The Kier molecular flexibility index (Phi) is 4.68. The number of hydrogen-bond donors (Lipinski definition) is 0. The molecule has 0 fully saturated rings. The maximum Gasteiger partial charge on any atom is 1.00 e. The Bertz CT molecular complexity index is 420. The minimum atomic E-state index is -1.29. The number of hydrogen-bond acceptors (Lipinski definition) is 5. The molecular formula is C10H9LiN2O3. The molecule has 2 heterocycles. The van der Waals surface area contributed by atoms with Crippen LogP contribution in [-0.4, -0.2) is 29.2 Å². The quantitative estimate of drug-likeness (QED) is 0.479. The maximum atomic E-state index is 10.6. The second-order valence-corrected chi connectivity index (χ2v) is 3.13. The van der Waals surface area contributed by atoms with Gasteiger partial charge in [0, 0.05) is 0 Å². The van der Waals surface area contributed by atoms with Gasteiger partial charge in [-0.15, -0.1) is 0 Å². The normalized spacial score (nSPS) is 14.9. The minimum Gasteiger partial charge on any atom is -0.543 e. The van der Waals surface area contributed by atoms with Gasteiger partial charge >= 0.3 is 18.9 Å². The predicted molar refractivity (Wildman–Crippen MR) is 49.8 cm³/mol. The number of carboxylic acid groups (broad SMARTS) is 1. The van der Waals surface area contributed by atoms with E-state index in [9.17, 15) is 9.90 Å². The van der Waals surface area contributed by atoms with Gasteiger partial charge in [-0.2, -0.15) is 0 Å². The van der Waals surface area contributed by atoms with Gasteiger partial charge in [-0.3, -0.25) is 0 Å². The predicted octanol–water partition coefficient (Wildman–Crippen LogP) is -3.35. The molecule has 0 bridgehead atoms. The largest absolute Gasteiger partial charge is 1.00 e. The second kappa shape index (κ2) is 5.80. The number of ether oxygens (including phenoxy) is 1. The number of carboxylic acids is 1. The van der Waals surface area contributed by atoms with Gasteiger partial charge in [0.05, 0.1) is 30.6 Å². The van der Waals surface area contributed by atoms with Gasteiger partial charge in [-0.1, -0.05) is 6.08 Å².